The SMILES string of the molecule is CC(C)Oc1ccnc(N(C)CCNC2CC2)n1. The predicted molar refractivity (Wildman–Crippen MR) is 72.1 cm³/mol. The van der Waals surface area contributed by atoms with Crippen molar-refractivity contribution in [1.82, 2.24) is 15.3 Å². The molecule has 5 heteroatoms. The van der Waals surface area contributed by atoms with Crippen LogP contribution in [0.5, 0.6) is 5.88 Å². The van der Waals surface area contributed by atoms with Crippen LogP contribution in [0.1, 0.15) is 26.7 Å². The summed E-state index contributed by atoms with van der Waals surface area (Å²) < 4.78 is 5.56. The zero-order valence-corrected chi connectivity index (χ0v) is 11.4. The molecule has 0 atom stereocenters. The first-order valence-corrected chi connectivity index (χ1v) is 6.59. The van der Waals surface area contributed by atoms with E-state index in [1.807, 2.05) is 25.8 Å². The summed E-state index contributed by atoms with van der Waals surface area (Å²) in [5.41, 5.74) is 0. The van der Waals surface area contributed by atoms with Gasteiger partial charge in [0.15, 0.2) is 0 Å². The van der Waals surface area contributed by atoms with Crippen molar-refractivity contribution in [3.8, 4) is 5.88 Å². The Morgan fingerprint density at radius 2 is 2.28 bits per heavy atom. The summed E-state index contributed by atoms with van der Waals surface area (Å²) in [6.45, 7) is 5.86. The lowest BCUT2D eigenvalue weighted by Gasteiger charge is -2.18. The minimum absolute atomic E-state index is 0.134. The number of nitrogens with zero attached hydrogens (tertiary/aromatic N) is 3. The molecule has 0 aromatic carbocycles. The van der Waals surface area contributed by atoms with Crippen LogP contribution >= 0.6 is 0 Å². The van der Waals surface area contributed by atoms with Crippen molar-refractivity contribution < 1.29 is 4.74 Å². The van der Waals surface area contributed by atoms with E-state index in [2.05, 4.69) is 15.3 Å². The summed E-state index contributed by atoms with van der Waals surface area (Å²) in [5.74, 6) is 1.35. The lowest BCUT2D eigenvalue weighted by molar-refractivity contribution is 0.232. The molecular weight excluding hydrogens is 228 g/mol. The topological polar surface area (TPSA) is 50.3 Å². The Morgan fingerprint density at radius 3 is 2.94 bits per heavy atom. The van der Waals surface area contributed by atoms with Crippen LogP contribution in [0.15, 0.2) is 12.3 Å². The van der Waals surface area contributed by atoms with Crippen molar-refractivity contribution in [2.24, 2.45) is 0 Å². The highest BCUT2D eigenvalue weighted by Gasteiger charge is 2.20. The highest BCUT2D eigenvalue weighted by molar-refractivity contribution is 5.30. The number of hydrogen-bond acceptors (Lipinski definition) is 5. The number of nitrogens with one attached hydrogen (secondary N) is 1. The predicted octanol–water partition coefficient (Wildman–Crippen LogP) is 1.45. The Kier molecular flexibility index (Phi) is 4.36. The largest absolute Gasteiger partial charge is 0.475 e. The molecule has 1 heterocycles. The number of aromatic nitrogens is 2. The molecule has 1 aliphatic carbocycles. The molecule has 2 rings (SSSR count). The Balaban J connectivity index is 1.85. The van der Waals surface area contributed by atoms with Crippen molar-refractivity contribution in [3.05, 3.63) is 12.3 Å². The fourth-order valence-corrected chi connectivity index (χ4v) is 1.65. The van der Waals surface area contributed by atoms with Crippen molar-refractivity contribution in [2.75, 3.05) is 25.0 Å². The van der Waals surface area contributed by atoms with E-state index in [-0.39, 0.29) is 6.10 Å². The van der Waals surface area contributed by atoms with Crippen molar-refractivity contribution >= 4 is 5.95 Å². The number of ether oxygens (including phenoxy) is 1. The summed E-state index contributed by atoms with van der Waals surface area (Å²) in [5, 5.41) is 3.48. The smallest absolute Gasteiger partial charge is 0.228 e. The van der Waals surface area contributed by atoms with Gasteiger partial charge >= 0.3 is 0 Å². The molecule has 1 aliphatic rings. The maximum Gasteiger partial charge on any atom is 0.228 e. The molecule has 1 fully saturated rings. The quantitative estimate of drug-likeness (QED) is 0.794. The van der Waals surface area contributed by atoms with Crippen LogP contribution in [0, 0.1) is 0 Å². The van der Waals surface area contributed by atoms with E-state index in [1.165, 1.54) is 12.8 Å². The summed E-state index contributed by atoms with van der Waals surface area (Å²) in [7, 11) is 2.00. The Hall–Kier alpha value is -1.36. The minimum atomic E-state index is 0.134. The van der Waals surface area contributed by atoms with Crippen molar-refractivity contribution in [2.45, 2.75) is 38.8 Å². The fourth-order valence-electron chi connectivity index (χ4n) is 1.65. The molecule has 1 N–H and O–H groups in total. The van der Waals surface area contributed by atoms with Gasteiger partial charge in [-0.3, -0.25) is 0 Å². The standard InChI is InChI=1S/C13H22N4O/c1-10(2)18-12-6-7-15-13(16-12)17(3)9-8-14-11-4-5-11/h6-7,10-11,14H,4-5,8-9H2,1-3H3. The van der Waals surface area contributed by atoms with Gasteiger partial charge in [0.2, 0.25) is 11.8 Å². The van der Waals surface area contributed by atoms with E-state index in [0.29, 0.717) is 11.8 Å². The average Bonchev–Trinajstić information content (AvgIpc) is 3.12. The van der Waals surface area contributed by atoms with Gasteiger partial charge in [-0.2, -0.15) is 4.98 Å². The van der Waals surface area contributed by atoms with Crippen LogP contribution in [0.4, 0.5) is 5.95 Å². The molecule has 0 radical (unpaired) electrons. The van der Waals surface area contributed by atoms with Crippen molar-refractivity contribution in [3.63, 3.8) is 0 Å². The van der Waals surface area contributed by atoms with Gasteiger partial charge in [-0.25, -0.2) is 4.98 Å². The molecule has 0 saturated heterocycles. The highest BCUT2D eigenvalue weighted by Crippen LogP contribution is 2.18. The Labute approximate surface area is 109 Å². The van der Waals surface area contributed by atoms with Gasteiger partial charge in [-0.05, 0) is 26.7 Å². The Bertz CT molecular complexity index is 379. The van der Waals surface area contributed by atoms with E-state index in [9.17, 15) is 0 Å². The number of anilines is 1. The van der Waals surface area contributed by atoms with Crippen LogP contribution < -0.4 is 15.0 Å². The first kappa shape index (κ1) is 13.1. The molecule has 100 valence electrons. The highest BCUT2D eigenvalue weighted by atomic mass is 16.5. The first-order chi connectivity index (χ1) is 8.65. The number of rotatable bonds is 7. The van der Waals surface area contributed by atoms with Gasteiger partial charge in [0.25, 0.3) is 0 Å². The third-order valence-electron chi connectivity index (χ3n) is 2.77. The van der Waals surface area contributed by atoms with Crippen LogP contribution in [-0.2, 0) is 0 Å². The normalized spacial score (nSPS) is 14.9. The zero-order chi connectivity index (χ0) is 13.0. The molecule has 0 amide bonds. The lowest BCUT2D eigenvalue weighted by Crippen LogP contribution is -2.31. The molecule has 0 spiro atoms. The summed E-state index contributed by atoms with van der Waals surface area (Å²) in [4.78, 5) is 10.7. The monoisotopic (exact) mass is 250 g/mol. The third-order valence-corrected chi connectivity index (χ3v) is 2.77. The van der Waals surface area contributed by atoms with Crippen LogP contribution in [0.25, 0.3) is 0 Å². The third kappa shape index (κ3) is 4.14. The zero-order valence-electron chi connectivity index (χ0n) is 11.4. The van der Waals surface area contributed by atoms with E-state index >= 15 is 0 Å². The Morgan fingerprint density at radius 1 is 1.50 bits per heavy atom. The van der Waals surface area contributed by atoms with Crippen molar-refractivity contribution in [1.29, 1.82) is 0 Å². The maximum absolute atomic E-state index is 5.56. The van der Waals surface area contributed by atoms with E-state index < -0.39 is 0 Å². The van der Waals surface area contributed by atoms with Gasteiger partial charge in [0, 0.05) is 38.4 Å². The minimum Gasteiger partial charge on any atom is -0.475 e. The van der Waals surface area contributed by atoms with Crippen LogP contribution in [0.2, 0.25) is 0 Å². The summed E-state index contributed by atoms with van der Waals surface area (Å²) in [6, 6.07) is 2.54. The molecule has 5 nitrogen and oxygen atoms in total. The van der Waals surface area contributed by atoms with E-state index in [1.54, 1.807) is 12.3 Å². The van der Waals surface area contributed by atoms with Gasteiger partial charge in [0.1, 0.15) is 0 Å². The molecule has 0 aliphatic heterocycles. The molecule has 1 saturated carbocycles. The second-order valence-electron chi connectivity index (χ2n) is 5.01. The second kappa shape index (κ2) is 6.00. The summed E-state index contributed by atoms with van der Waals surface area (Å²) in [6.07, 6.45) is 4.51. The fraction of sp³-hybridized carbons (Fsp3) is 0.692. The maximum atomic E-state index is 5.56. The number of likely N-dealkylation sites (N-methyl/N-ethyl adjacent to an activating group) is 1. The van der Waals surface area contributed by atoms with Gasteiger partial charge in [0.05, 0.1) is 6.10 Å². The van der Waals surface area contributed by atoms with Gasteiger partial charge in [-0.1, -0.05) is 0 Å². The molecule has 1 aromatic rings. The molecule has 0 bridgehead atoms. The lowest BCUT2D eigenvalue weighted by atomic mass is 10.5. The number of hydrogen-bond donors (Lipinski definition) is 1. The van der Waals surface area contributed by atoms with Crippen LogP contribution in [0.3, 0.4) is 0 Å². The first-order valence-electron chi connectivity index (χ1n) is 6.59. The average molecular weight is 250 g/mol. The van der Waals surface area contributed by atoms with Gasteiger partial charge < -0.3 is 15.0 Å². The van der Waals surface area contributed by atoms with E-state index in [4.69, 9.17) is 4.74 Å². The van der Waals surface area contributed by atoms with Crippen LogP contribution in [-0.4, -0.2) is 42.3 Å². The second-order valence-corrected chi connectivity index (χ2v) is 5.01. The van der Waals surface area contributed by atoms with Gasteiger partial charge in [-0.15, -0.1) is 0 Å². The molecule has 0 unspecified atom stereocenters. The summed E-state index contributed by atoms with van der Waals surface area (Å²) >= 11 is 0. The molecule has 18 heavy (non-hydrogen) atoms. The van der Waals surface area contributed by atoms with E-state index in [0.717, 1.165) is 19.1 Å². The molecular formula is C13H22N4O. The molecule has 1 aromatic heterocycles.